The van der Waals surface area contributed by atoms with E-state index in [0.717, 1.165) is 6.42 Å². The molecule has 98 valence electrons. The molecule has 1 aromatic rings. The number of benzene rings is 1. The van der Waals surface area contributed by atoms with Crippen LogP contribution in [-0.4, -0.2) is 25.5 Å². The highest BCUT2D eigenvalue weighted by atomic mass is 16.6. The molecule has 2 N–H and O–H groups in total. The molecule has 0 amide bonds. The molecule has 4 nitrogen and oxygen atoms in total. The van der Waals surface area contributed by atoms with Gasteiger partial charge < -0.3 is 15.2 Å². The lowest BCUT2D eigenvalue weighted by Crippen LogP contribution is -2.16. The average molecular weight is 249 g/mol. The van der Waals surface area contributed by atoms with Gasteiger partial charge in [-0.15, -0.1) is 0 Å². The van der Waals surface area contributed by atoms with Gasteiger partial charge in [0, 0.05) is 12.0 Å². The zero-order chi connectivity index (χ0) is 13.0. The van der Waals surface area contributed by atoms with Gasteiger partial charge in [-0.1, -0.05) is 6.92 Å². The fourth-order valence-corrected chi connectivity index (χ4v) is 1.86. The standard InChI is InChI=1S/C14H19NO3/c1-10(9-15)2-4-12(16)11-3-5-13-14(8-11)18-7-6-17-13/h3,5,8,10H,2,4,6-7,9,15H2,1H3. The molecule has 18 heavy (non-hydrogen) atoms. The quantitative estimate of drug-likeness (QED) is 0.811. The van der Waals surface area contributed by atoms with Crippen LogP contribution in [0.25, 0.3) is 0 Å². The summed E-state index contributed by atoms with van der Waals surface area (Å²) in [7, 11) is 0. The van der Waals surface area contributed by atoms with Gasteiger partial charge in [-0.25, -0.2) is 0 Å². The summed E-state index contributed by atoms with van der Waals surface area (Å²) in [6.07, 6.45) is 1.35. The van der Waals surface area contributed by atoms with Crippen molar-refractivity contribution in [2.24, 2.45) is 11.7 Å². The summed E-state index contributed by atoms with van der Waals surface area (Å²) < 4.78 is 10.9. The van der Waals surface area contributed by atoms with Crippen LogP contribution in [0.2, 0.25) is 0 Å². The van der Waals surface area contributed by atoms with Gasteiger partial charge in [0.15, 0.2) is 17.3 Å². The van der Waals surface area contributed by atoms with Crippen molar-refractivity contribution in [2.75, 3.05) is 19.8 Å². The predicted molar refractivity (Wildman–Crippen MR) is 69.2 cm³/mol. The second kappa shape index (κ2) is 5.87. The maximum absolute atomic E-state index is 12.0. The smallest absolute Gasteiger partial charge is 0.163 e. The summed E-state index contributed by atoms with van der Waals surface area (Å²) >= 11 is 0. The van der Waals surface area contributed by atoms with Crippen LogP contribution in [0.5, 0.6) is 11.5 Å². The third kappa shape index (κ3) is 3.01. The lowest BCUT2D eigenvalue weighted by Gasteiger charge is -2.18. The fourth-order valence-electron chi connectivity index (χ4n) is 1.86. The minimum atomic E-state index is 0.132. The zero-order valence-corrected chi connectivity index (χ0v) is 10.6. The number of ether oxygens (including phenoxy) is 2. The molecule has 0 fully saturated rings. The SMILES string of the molecule is CC(CN)CCC(=O)c1ccc2c(c1)OCCO2. The topological polar surface area (TPSA) is 61.6 Å². The van der Waals surface area contributed by atoms with E-state index in [-0.39, 0.29) is 5.78 Å². The molecule has 0 saturated heterocycles. The first-order valence-corrected chi connectivity index (χ1v) is 6.33. The number of nitrogens with two attached hydrogens (primary N) is 1. The molecule has 0 spiro atoms. The van der Waals surface area contributed by atoms with Crippen LogP contribution in [0.1, 0.15) is 30.1 Å². The van der Waals surface area contributed by atoms with Crippen molar-refractivity contribution < 1.29 is 14.3 Å². The number of carbonyl (C=O) groups excluding carboxylic acids is 1. The highest BCUT2D eigenvalue weighted by molar-refractivity contribution is 5.96. The predicted octanol–water partition coefficient (Wildman–Crippen LogP) is 2.02. The molecule has 1 aliphatic heterocycles. The van der Waals surface area contributed by atoms with E-state index in [1.165, 1.54) is 0 Å². The first-order valence-electron chi connectivity index (χ1n) is 6.33. The van der Waals surface area contributed by atoms with E-state index in [0.29, 0.717) is 49.2 Å². The van der Waals surface area contributed by atoms with Gasteiger partial charge >= 0.3 is 0 Å². The number of hydrogen-bond donors (Lipinski definition) is 1. The molecule has 1 heterocycles. The second-order valence-corrected chi connectivity index (χ2v) is 4.66. The van der Waals surface area contributed by atoms with Crippen LogP contribution in [0.4, 0.5) is 0 Å². The number of hydrogen-bond acceptors (Lipinski definition) is 4. The summed E-state index contributed by atoms with van der Waals surface area (Å²) in [6.45, 7) is 3.77. The van der Waals surface area contributed by atoms with Crippen LogP contribution >= 0.6 is 0 Å². The van der Waals surface area contributed by atoms with E-state index < -0.39 is 0 Å². The Balaban J connectivity index is 2.02. The van der Waals surface area contributed by atoms with Crippen LogP contribution in [0.3, 0.4) is 0 Å². The van der Waals surface area contributed by atoms with Crippen molar-refractivity contribution in [1.29, 1.82) is 0 Å². The van der Waals surface area contributed by atoms with Crippen molar-refractivity contribution in [3.8, 4) is 11.5 Å². The van der Waals surface area contributed by atoms with E-state index in [9.17, 15) is 4.79 Å². The monoisotopic (exact) mass is 249 g/mol. The van der Waals surface area contributed by atoms with Gasteiger partial charge in [0.2, 0.25) is 0 Å². The Morgan fingerprint density at radius 3 is 2.78 bits per heavy atom. The maximum atomic E-state index is 12.0. The number of carbonyl (C=O) groups is 1. The summed E-state index contributed by atoms with van der Waals surface area (Å²) in [4.78, 5) is 12.0. The minimum Gasteiger partial charge on any atom is -0.486 e. The van der Waals surface area contributed by atoms with Crippen LogP contribution < -0.4 is 15.2 Å². The molecule has 4 heteroatoms. The molecule has 1 unspecified atom stereocenters. The van der Waals surface area contributed by atoms with E-state index in [1.54, 1.807) is 18.2 Å². The maximum Gasteiger partial charge on any atom is 0.163 e. The summed E-state index contributed by atoms with van der Waals surface area (Å²) in [5, 5.41) is 0. The molecule has 0 bridgehead atoms. The van der Waals surface area contributed by atoms with Gasteiger partial charge in [-0.3, -0.25) is 4.79 Å². The Morgan fingerprint density at radius 2 is 2.06 bits per heavy atom. The van der Waals surface area contributed by atoms with Gasteiger partial charge in [0.1, 0.15) is 13.2 Å². The molecule has 0 aromatic heterocycles. The molecule has 0 aliphatic carbocycles. The molecular formula is C14H19NO3. The first kappa shape index (κ1) is 12.9. The molecule has 1 aliphatic rings. The van der Waals surface area contributed by atoms with Crippen molar-refractivity contribution in [3.63, 3.8) is 0 Å². The molecule has 0 radical (unpaired) electrons. The second-order valence-electron chi connectivity index (χ2n) is 4.66. The van der Waals surface area contributed by atoms with Gasteiger partial charge in [-0.05, 0) is 37.1 Å². The van der Waals surface area contributed by atoms with Crippen molar-refractivity contribution in [1.82, 2.24) is 0 Å². The normalized spacial score (nSPS) is 15.2. The van der Waals surface area contributed by atoms with Gasteiger partial charge in [-0.2, -0.15) is 0 Å². The third-order valence-corrected chi connectivity index (χ3v) is 3.13. The third-order valence-electron chi connectivity index (χ3n) is 3.13. The van der Waals surface area contributed by atoms with E-state index in [2.05, 4.69) is 6.92 Å². The van der Waals surface area contributed by atoms with Crippen LogP contribution in [0.15, 0.2) is 18.2 Å². The summed E-state index contributed by atoms with van der Waals surface area (Å²) in [5.74, 6) is 1.89. The average Bonchev–Trinajstić information content (AvgIpc) is 2.43. The Bertz CT molecular complexity index is 431. The van der Waals surface area contributed by atoms with Crippen LogP contribution in [-0.2, 0) is 0 Å². The number of Topliss-reactive ketones (excluding diaryl/α,β-unsaturated/α-hetero) is 1. The number of rotatable bonds is 5. The Morgan fingerprint density at radius 1 is 1.33 bits per heavy atom. The molecule has 1 aromatic carbocycles. The number of ketones is 1. The molecule has 0 saturated carbocycles. The number of fused-ring (bicyclic) bond motifs is 1. The first-order chi connectivity index (χ1) is 8.70. The van der Waals surface area contributed by atoms with Crippen molar-refractivity contribution >= 4 is 5.78 Å². The van der Waals surface area contributed by atoms with Gasteiger partial charge in [0.25, 0.3) is 0 Å². The van der Waals surface area contributed by atoms with E-state index in [4.69, 9.17) is 15.2 Å². The summed E-state index contributed by atoms with van der Waals surface area (Å²) in [6, 6.07) is 5.36. The molecule has 2 rings (SSSR count). The Kier molecular flexibility index (Phi) is 4.20. The molecular weight excluding hydrogens is 230 g/mol. The zero-order valence-electron chi connectivity index (χ0n) is 10.6. The van der Waals surface area contributed by atoms with E-state index >= 15 is 0 Å². The van der Waals surface area contributed by atoms with Crippen molar-refractivity contribution in [2.45, 2.75) is 19.8 Å². The van der Waals surface area contributed by atoms with Crippen molar-refractivity contribution in [3.05, 3.63) is 23.8 Å². The Labute approximate surface area is 107 Å². The highest BCUT2D eigenvalue weighted by Gasteiger charge is 2.15. The highest BCUT2D eigenvalue weighted by Crippen LogP contribution is 2.31. The van der Waals surface area contributed by atoms with Crippen LogP contribution in [0, 0.1) is 5.92 Å². The Hall–Kier alpha value is -1.55. The van der Waals surface area contributed by atoms with Gasteiger partial charge in [0.05, 0.1) is 0 Å². The largest absolute Gasteiger partial charge is 0.486 e. The molecule has 1 atom stereocenters. The lowest BCUT2D eigenvalue weighted by atomic mass is 10.00. The lowest BCUT2D eigenvalue weighted by molar-refractivity contribution is 0.0973. The van der Waals surface area contributed by atoms with E-state index in [1.807, 2.05) is 0 Å². The summed E-state index contributed by atoms with van der Waals surface area (Å²) in [5.41, 5.74) is 6.22. The minimum absolute atomic E-state index is 0.132. The fraction of sp³-hybridized carbons (Fsp3) is 0.500.